The maximum Gasteiger partial charge on any atom is 0.223 e. The Morgan fingerprint density at radius 3 is 2.29 bits per heavy atom. The van der Waals surface area contributed by atoms with Gasteiger partial charge in [-0.1, -0.05) is 24.3 Å². The van der Waals surface area contributed by atoms with Crippen molar-refractivity contribution in [3.63, 3.8) is 0 Å². The zero-order chi connectivity index (χ0) is 17.4. The van der Waals surface area contributed by atoms with Crippen LogP contribution in [0.15, 0.2) is 24.3 Å². The smallest absolute Gasteiger partial charge is 0.223 e. The second-order valence-corrected chi connectivity index (χ2v) is 8.98. The number of carbonyl (C=O) groups excluding carboxylic acids is 1. The maximum absolute atomic E-state index is 12.3. The number of nitrogens with one attached hydrogen (secondary N) is 1. The van der Waals surface area contributed by atoms with Crippen LogP contribution in [0, 0.1) is 5.92 Å². The molecule has 0 aromatic heterocycles. The molecule has 1 amide bonds. The van der Waals surface area contributed by atoms with E-state index in [0.29, 0.717) is 38.8 Å². The Bertz CT molecular complexity index is 699. The molecule has 2 N–H and O–H groups in total. The molecule has 0 saturated carbocycles. The molecule has 7 heteroatoms. The number of carbonyl (C=O) groups is 1. The quantitative estimate of drug-likeness (QED) is 0.816. The summed E-state index contributed by atoms with van der Waals surface area (Å²) in [4.78, 5) is 12.3. The molecule has 3 rings (SSSR count). The van der Waals surface area contributed by atoms with Crippen molar-refractivity contribution in [3.05, 3.63) is 35.4 Å². The summed E-state index contributed by atoms with van der Waals surface area (Å²) in [5.74, 6) is -0.275. The summed E-state index contributed by atoms with van der Waals surface area (Å²) in [6.07, 6.45) is 3.35. The fourth-order valence-electron chi connectivity index (χ4n) is 3.64. The zero-order valence-electron chi connectivity index (χ0n) is 13.9. The first-order chi connectivity index (χ1) is 11.3. The van der Waals surface area contributed by atoms with Crippen LogP contribution in [0.5, 0.6) is 0 Å². The summed E-state index contributed by atoms with van der Waals surface area (Å²) in [6, 6.07) is 7.93. The molecule has 2 aliphatic rings. The Labute approximate surface area is 142 Å². The molecule has 132 valence electrons. The Hall–Kier alpha value is -1.44. The van der Waals surface area contributed by atoms with Crippen LogP contribution in [-0.2, 0) is 27.7 Å². The number of hydrogen-bond donors (Lipinski definition) is 2. The Balaban J connectivity index is 1.50. The zero-order valence-corrected chi connectivity index (χ0v) is 14.7. The molecule has 0 radical (unpaired) electrons. The van der Waals surface area contributed by atoms with E-state index in [0.717, 1.165) is 11.1 Å². The van der Waals surface area contributed by atoms with E-state index in [1.165, 1.54) is 10.6 Å². The number of fused-ring (bicyclic) bond motifs is 1. The maximum atomic E-state index is 12.3. The van der Waals surface area contributed by atoms with E-state index < -0.39 is 15.6 Å². The number of piperidine rings is 1. The van der Waals surface area contributed by atoms with Gasteiger partial charge in [-0.3, -0.25) is 4.79 Å². The molecule has 6 nitrogen and oxygen atoms in total. The van der Waals surface area contributed by atoms with Crippen molar-refractivity contribution >= 4 is 15.9 Å². The fourth-order valence-corrected chi connectivity index (χ4v) is 4.52. The van der Waals surface area contributed by atoms with Crippen LogP contribution in [0.25, 0.3) is 0 Å². The average molecular weight is 352 g/mol. The number of benzene rings is 1. The first-order valence-electron chi connectivity index (χ1n) is 8.29. The van der Waals surface area contributed by atoms with Crippen molar-refractivity contribution in [2.75, 3.05) is 25.9 Å². The van der Waals surface area contributed by atoms with E-state index in [2.05, 4.69) is 5.32 Å². The highest BCUT2D eigenvalue weighted by Gasteiger charge is 2.36. The average Bonchev–Trinajstić information content (AvgIpc) is 2.88. The number of nitrogens with zero attached hydrogens (tertiary/aromatic N) is 1. The minimum Gasteiger partial charge on any atom is -0.387 e. The fraction of sp³-hybridized carbons (Fsp3) is 0.588. The van der Waals surface area contributed by atoms with Gasteiger partial charge in [-0.25, -0.2) is 12.7 Å². The van der Waals surface area contributed by atoms with Crippen LogP contribution >= 0.6 is 0 Å². The van der Waals surface area contributed by atoms with Crippen LogP contribution in [0.2, 0.25) is 0 Å². The standard InChI is InChI=1S/C17H24N2O4S/c1-24(22,23)19-8-6-13(7-9-19)16(20)18-12-17(21)10-14-4-2-3-5-15(14)11-17/h2-5,13,21H,6-12H2,1H3,(H,18,20). The van der Waals surface area contributed by atoms with Gasteiger partial charge in [0.1, 0.15) is 0 Å². The number of hydrogen-bond acceptors (Lipinski definition) is 4. The number of aliphatic hydroxyl groups is 1. The highest BCUT2D eigenvalue weighted by Crippen LogP contribution is 2.29. The van der Waals surface area contributed by atoms with Gasteiger partial charge < -0.3 is 10.4 Å². The van der Waals surface area contributed by atoms with Gasteiger partial charge >= 0.3 is 0 Å². The van der Waals surface area contributed by atoms with Gasteiger partial charge in [0.15, 0.2) is 0 Å². The molecule has 1 aliphatic heterocycles. The van der Waals surface area contributed by atoms with Crippen molar-refractivity contribution < 1.29 is 18.3 Å². The summed E-state index contributed by atoms with van der Waals surface area (Å²) < 4.78 is 24.4. The third kappa shape index (κ3) is 3.79. The summed E-state index contributed by atoms with van der Waals surface area (Å²) >= 11 is 0. The van der Waals surface area contributed by atoms with E-state index in [-0.39, 0.29) is 18.4 Å². The molecule has 0 spiro atoms. The molecule has 1 saturated heterocycles. The Kier molecular flexibility index (Phi) is 4.68. The van der Waals surface area contributed by atoms with Crippen molar-refractivity contribution in [2.45, 2.75) is 31.3 Å². The molecule has 0 atom stereocenters. The van der Waals surface area contributed by atoms with E-state index >= 15 is 0 Å². The molecule has 0 unspecified atom stereocenters. The third-order valence-corrected chi connectivity index (χ3v) is 6.35. The summed E-state index contributed by atoms with van der Waals surface area (Å²) in [5.41, 5.74) is 1.35. The Morgan fingerprint density at radius 2 is 1.79 bits per heavy atom. The SMILES string of the molecule is CS(=O)(=O)N1CCC(C(=O)NCC2(O)Cc3ccccc3C2)CC1. The minimum atomic E-state index is -3.18. The van der Waals surface area contributed by atoms with Gasteiger partial charge in [0, 0.05) is 38.4 Å². The topological polar surface area (TPSA) is 86.7 Å². The molecule has 1 heterocycles. The lowest BCUT2D eigenvalue weighted by atomic mass is 9.96. The predicted molar refractivity (Wildman–Crippen MR) is 91.0 cm³/mol. The molecule has 1 aliphatic carbocycles. The lowest BCUT2D eigenvalue weighted by Gasteiger charge is -2.30. The van der Waals surface area contributed by atoms with E-state index in [1.807, 2.05) is 24.3 Å². The van der Waals surface area contributed by atoms with Gasteiger partial charge in [0.25, 0.3) is 0 Å². The summed E-state index contributed by atoms with van der Waals surface area (Å²) in [5, 5.41) is 13.6. The van der Waals surface area contributed by atoms with Gasteiger partial charge in [-0.2, -0.15) is 0 Å². The highest BCUT2D eigenvalue weighted by atomic mass is 32.2. The molecular formula is C17H24N2O4S. The molecule has 1 aromatic rings. The molecule has 24 heavy (non-hydrogen) atoms. The molecule has 1 fully saturated rings. The first-order valence-corrected chi connectivity index (χ1v) is 10.1. The van der Waals surface area contributed by atoms with Crippen LogP contribution in [0.3, 0.4) is 0 Å². The minimum absolute atomic E-state index is 0.0902. The third-order valence-electron chi connectivity index (χ3n) is 5.04. The lowest BCUT2D eigenvalue weighted by Crippen LogP contribution is -2.47. The monoisotopic (exact) mass is 352 g/mol. The van der Waals surface area contributed by atoms with Crippen LogP contribution < -0.4 is 5.32 Å². The highest BCUT2D eigenvalue weighted by molar-refractivity contribution is 7.88. The van der Waals surface area contributed by atoms with Crippen LogP contribution in [0.1, 0.15) is 24.0 Å². The second-order valence-electron chi connectivity index (χ2n) is 7.00. The number of amides is 1. The predicted octanol–water partition coefficient (Wildman–Crippen LogP) is 0.304. The molecular weight excluding hydrogens is 328 g/mol. The van der Waals surface area contributed by atoms with Crippen LogP contribution in [0.4, 0.5) is 0 Å². The normalized spacial score (nSPS) is 21.4. The second kappa shape index (κ2) is 6.46. The van der Waals surface area contributed by atoms with E-state index in [1.54, 1.807) is 0 Å². The van der Waals surface area contributed by atoms with Gasteiger partial charge in [-0.15, -0.1) is 0 Å². The van der Waals surface area contributed by atoms with Crippen molar-refractivity contribution in [1.29, 1.82) is 0 Å². The van der Waals surface area contributed by atoms with Crippen molar-refractivity contribution in [2.24, 2.45) is 5.92 Å². The van der Waals surface area contributed by atoms with Crippen LogP contribution in [-0.4, -0.2) is 55.2 Å². The van der Waals surface area contributed by atoms with Gasteiger partial charge in [0.05, 0.1) is 11.9 Å². The Morgan fingerprint density at radius 1 is 1.25 bits per heavy atom. The molecule has 0 bridgehead atoms. The van der Waals surface area contributed by atoms with E-state index in [4.69, 9.17) is 0 Å². The van der Waals surface area contributed by atoms with Gasteiger partial charge in [0.2, 0.25) is 15.9 Å². The van der Waals surface area contributed by atoms with Gasteiger partial charge in [-0.05, 0) is 24.0 Å². The largest absolute Gasteiger partial charge is 0.387 e. The number of rotatable bonds is 4. The summed E-state index contributed by atoms with van der Waals surface area (Å²) in [7, 11) is -3.18. The number of sulfonamides is 1. The first kappa shape index (κ1) is 17.4. The lowest BCUT2D eigenvalue weighted by molar-refractivity contribution is -0.127. The van der Waals surface area contributed by atoms with Crippen molar-refractivity contribution in [1.82, 2.24) is 9.62 Å². The summed E-state index contributed by atoms with van der Waals surface area (Å²) in [6.45, 7) is 0.992. The van der Waals surface area contributed by atoms with E-state index in [9.17, 15) is 18.3 Å². The molecule has 1 aromatic carbocycles. The van der Waals surface area contributed by atoms with Crippen molar-refractivity contribution in [3.8, 4) is 0 Å².